The van der Waals surface area contributed by atoms with E-state index in [1.54, 1.807) is 17.7 Å². The van der Waals surface area contributed by atoms with Crippen molar-refractivity contribution in [2.75, 3.05) is 0 Å². The van der Waals surface area contributed by atoms with Crippen molar-refractivity contribution in [1.82, 2.24) is 9.97 Å². The average molecular weight is 270 g/mol. The largest absolute Gasteiger partial charge is 0.484 e. The fraction of sp³-hybridized carbons (Fsp3) is 0.133. The van der Waals surface area contributed by atoms with Crippen molar-refractivity contribution < 1.29 is 4.74 Å². The van der Waals surface area contributed by atoms with Gasteiger partial charge in [0.1, 0.15) is 11.9 Å². The van der Waals surface area contributed by atoms with Gasteiger partial charge in [0.2, 0.25) is 0 Å². The summed E-state index contributed by atoms with van der Waals surface area (Å²) in [5.74, 6) is 0.889. The highest BCUT2D eigenvalue weighted by molar-refractivity contribution is 7.13. The molecule has 1 atom stereocenters. The predicted molar refractivity (Wildman–Crippen MR) is 77.4 cm³/mol. The van der Waals surface area contributed by atoms with Gasteiger partial charge in [-0.05, 0) is 30.5 Å². The Morgan fingerprint density at radius 1 is 1.21 bits per heavy atom. The number of aromatic nitrogens is 2. The number of nitrogens with zero attached hydrogens (tertiary/aromatic N) is 1. The summed E-state index contributed by atoms with van der Waals surface area (Å²) in [5, 5.41) is 2.07. The van der Waals surface area contributed by atoms with Crippen molar-refractivity contribution in [3.05, 3.63) is 60.0 Å². The van der Waals surface area contributed by atoms with Crippen molar-refractivity contribution >= 4 is 11.3 Å². The molecule has 0 amide bonds. The molecule has 2 aromatic heterocycles. The van der Waals surface area contributed by atoms with Crippen LogP contribution in [-0.4, -0.2) is 9.97 Å². The number of ether oxygens (including phenoxy) is 1. The van der Waals surface area contributed by atoms with Crippen LogP contribution in [0.1, 0.15) is 18.7 Å². The normalized spacial score (nSPS) is 12.3. The molecule has 3 aromatic rings. The molecule has 2 heterocycles. The molecule has 0 aliphatic heterocycles. The highest BCUT2D eigenvalue weighted by Gasteiger charge is 2.13. The van der Waals surface area contributed by atoms with Gasteiger partial charge >= 0.3 is 0 Å². The van der Waals surface area contributed by atoms with E-state index in [1.807, 2.05) is 37.4 Å². The Bertz CT molecular complexity index is 632. The van der Waals surface area contributed by atoms with Gasteiger partial charge in [-0.15, -0.1) is 11.3 Å². The van der Waals surface area contributed by atoms with Crippen molar-refractivity contribution in [2.45, 2.75) is 13.0 Å². The molecule has 1 aromatic carbocycles. The third-order valence-corrected chi connectivity index (χ3v) is 3.82. The zero-order valence-electron chi connectivity index (χ0n) is 10.5. The van der Waals surface area contributed by atoms with Gasteiger partial charge in [0, 0.05) is 16.6 Å². The minimum atomic E-state index is -0.0765. The van der Waals surface area contributed by atoms with E-state index in [0.717, 1.165) is 17.0 Å². The summed E-state index contributed by atoms with van der Waals surface area (Å²) in [6.07, 6.45) is 3.45. The van der Waals surface area contributed by atoms with Crippen molar-refractivity contribution in [3.8, 4) is 16.2 Å². The molecule has 19 heavy (non-hydrogen) atoms. The van der Waals surface area contributed by atoms with Gasteiger partial charge in [0.15, 0.2) is 0 Å². The van der Waals surface area contributed by atoms with E-state index in [9.17, 15) is 0 Å². The summed E-state index contributed by atoms with van der Waals surface area (Å²) < 4.78 is 6.04. The summed E-state index contributed by atoms with van der Waals surface area (Å²) in [6.45, 7) is 2.00. The van der Waals surface area contributed by atoms with E-state index >= 15 is 0 Å². The second kappa shape index (κ2) is 5.28. The SMILES string of the molecule is CC(Oc1ccccc1-c1cccs1)c1c[nH]cn1. The minimum Gasteiger partial charge on any atom is -0.484 e. The molecule has 3 rings (SSSR count). The molecule has 0 saturated carbocycles. The van der Waals surface area contributed by atoms with Crippen LogP contribution in [0, 0.1) is 0 Å². The molecular weight excluding hydrogens is 256 g/mol. The van der Waals surface area contributed by atoms with Gasteiger partial charge in [-0.2, -0.15) is 0 Å². The van der Waals surface area contributed by atoms with Crippen LogP contribution in [0.4, 0.5) is 0 Å². The molecule has 0 aliphatic rings. The van der Waals surface area contributed by atoms with Crippen LogP contribution in [0.15, 0.2) is 54.3 Å². The second-order valence-electron chi connectivity index (χ2n) is 4.23. The summed E-state index contributed by atoms with van der Waals surface area (Å²) >= 11 is 1.71. The highest BCUT2D eigenvalue weighted by atomic mass is 32.1. The van der Waals surface area contributed by atoms with Gasteiger partial charge in [-0.3, -0.25) is 0 Å². The molecule has 0 radical (unpaired) electrons. The maximum Gasteiger partial charge on any atom is 0.139 e. The van der Waals surface area contributed by atoms with E-state index in [0.29, 0.717) is 0 Å². The van der Waals surface area contributed by atoms with Crippen molar-refractivity contribution in [2.24, 2.45) is 0 Å². The monoisotopic (exact) mass is 270 g/mol. The zero-order chi connectivity index (χ0) is 13.1. The smallest absolute Gasteiger partial charge is 0.139 e. The lowest BCUT2D eigenvalue weighted by molar-refractivity contribution is 0.223. The fourth-order valence-electron chi connectivity index (χ4n) is 1.95. The number of H-pyrrole nitrogens is 1. The summed E-state index contributed by atoms with van der Waals surface area (Å²) in [5.41, 5.74) is 2.03. The van der Waals surface area contributed by atoms with Gasteiger partial charge in [0.25, 0.3) is 0 Å². The highest BCUT2D eigenvalue weighted by Crippen LogP contribution is 2.34. The topological polar surface area (TPSA) is 37.9 Å². The number of rotatable bonds is 4. The number of para-hydroxylation sites is 1. The molecule has 0 aliphatic carbocycles. The molecule has 96 valence electrons. The first-order chi connectivity index (χ1) is 9.34. The maximum absolute atomic E-state index is 6.04. The third kappa shape index (κ3) is 2.53. The Labute approximate surface area is 115 Å². The maximum atomic E-state index is 6.04. The van der Waals surface area contributed by atoms with E-state index in [2.05, 4.69) is 27.5 Å². The Morgan fingerprint density at radius 3 is 2.84 bits per heavy atom. The predicted octanol–water partition coefficient (Wildman–Crippen LogP) is 4.28. The van der Waals surface area contributed by atoms with Crippen LogP contribution < -0.4 is 4.74 Å². The lowest BCUT2D eigenvalue weighted by Crippen LogP contribution is -2.04. The van der Waals surface area contributed by atoms with Crippen LogP contribution in [0.25, 0.3) is 10.4 Å². The number of hydrogen-bond acceptors (Lipinski definition) is 3. The van der Waals surface area contributed by atoms with Crippen LogP contribution >= 0.6 is 11.3 Å². The first-order valence-electron chi connectivity index (χ1n) is 6.13. The molecule has 4 heteroatoms. The second-order valence-corrected chi connectivity index (χ2v) is 5.18. The quantitative estimate of drug-likeness (QED) is 0.768. The standard InChI is InChI=1S/C15H14N2OS/c1-11(13-9-16-10-17-13)18-14-6-3-2-5-12(14)15-7-4-8-19-15/h2-11H,1H3,(H,16,17). The lowest BCUT2D eigenvalue weighted by atomic mass is 10.1. The molecule has 0 bridgehead atoms. The van der Waals surface area contributed by atoms with Crippen molar-refractivity contribution in [1.29, 1.82) is 0 Å². The van der Waals surface area contributed by atoms with E-state index in [-0.39, 0.29) is 6.10 Å². The number of aromatic amines is 1. The zero-order valence-corrected chi connectivity index (χ0v) is 11.4. The summed E-state index contributed by atoms with van der Waals surface area (Å²) in [6, 6.07) is 12.3. The molecule has 1 unspecified atom stereocenters. The average Bonchev–Trinajstić information content (AvgIpc) is 3.13. The number of nitrogens with one attached hydrogen (secondary N) is 1. The number of hydrogen-bond donors (Lipinski definition) is 1. The Balaban J connectivity index is 1.89. The fourth-order valence-corrected chi connectivity index (χ4v) is 2.71. The summed E-state index contributed by atoms with van der Waals surface area (Å²) in [7, 11) is 0. The Hall–Kier alpha value is -2.07. The Morgan fingerprint density at radius 2 is 2.11 bits per heavy atom. The number of imidazole rings is 1. The molecule has 3 nitrogen and oxygen atoms in total. The number of benzene rings is 1. The molecular formula is C15H14N2OS. The van der Waals surface area contributed by atoms with Crippen molar-refractivity contribution in [3.63, 3.8) is 0 Å². The summed E-state index contributed by atoms with van der Waals surface area (Å²) in [4.78, 5) is 8.39. The van der Waals surface area contributed by atoms with Gasteiger partial charge in [-0.25, -0.2) is 4.98 Å². The van der Waals surface area contributed by atoms with Gasteiger partial charge in [0.05, 0.1) is 12.0 Å². The van der Waals surface area contributed by atoms with Gasteiger partial charge < -0.3 is 9.72 Å². The molecule has 0 saturated heterocycles. The van der Waals surface area contributed by atoms with E-state index in [4.69, 9.17) is 4.74 Å². The molecule has 0 spiro atoms. The van der Waals surface area contributed by atoms with E-state index in [1.165, 1.54) is 4.88 Å². The van der Waals surface area contributed by atoms with Crippen LogP contribution in [0.3, 0.4) is 0 Å². The van der Waals surface area contributed by atoms with Crippen LogP contribution in [0.5, 0.6) is 5.75 Å². The molecule has 1 N–H and O–H groups in total. The minimum absolute atomic E-state index is 0.0765. The van der Waals surface area contributed by atoms with E-state index < -0.39 is 0 Å². The first-order valence-corrected chi connectivity index (χ1v) is 7.01. The third-order valence-electron chi connectivity index (χ3n) is 2.91. The number of thiophene rings is 1. The molecule has 0 fully saturated rings. The van der Waals surface area contributed by atoms with Crippen LogP contribution in [0.2, 0.25) is 0 Å². The van der Waals surface area contributed by atoms with Crippen LogP contribution in [-0.2, 0) is 0 Å². The van der Waals surface area contributed by atoms with Gasteiger partial charge in [-0.1, -0.05) is 18.2 Å². The Kier molecular flexibility index (Phi) is 3.33. The lowest BCUT2D eigenvalue weighted by Gasteiger charge is -2.15. The first kappa shape index (κ1) is 12.0.